The van der Waals surface area contributed by atoms with Crippen LogP contribution >= 0.6 is 0 Å². The van der Waals surface area contributed by atoms with Crippen LogP contribution in [0.4, 0.5) is 5.69 Å². The number of likely N-dealkylation sites (tertiary alicyclic amines) is 1. The maximum absolute atomic E-state index is 12.9. The van der Waals surface area contributed by atoms with E-state index in [1.54, 1.807) is 4.90 Å². The van der Waals surface area contributed by atoms with Gasteiger partial charge in [0.15, 0.2) is 0 Å². The Morgan fingerprint density at radius 1 is 0.893 bits per heavy atom. The Bertz CT molecular complexity index is 934. The van der Waals surface area contributed by atoms with E-state index in [2.05, 4.69) is 5.32 Å². The van der Waals surface area contributed by atoms with Crippen molar-refractivity contribution in [2.75, 3.05) is 18.4 Å². The lowest BCUT2D eigenvalue weighted by Crippen LogP contribution is -2.43. The quantitative estimate of drug-likeness (QED) is 0.752. The second kappa shape index (κ2) is 8.13. The van der Waals surface area contributed by atoms with E-state index in [0.717, 1.165) is 24.2 Å². The highest BCUT2D eigenvalue weighted by Gasteiger charge is 2.29. The Balaban J connectivity index is 1.41. The molecule has 2 amide bonds. The first-order valence-electron chi connectivity index (χ1n) is 9.59. The number of benzene rings is 2. The van der Waals surface area contributed by atoms with Gasteiger partial charge in [0.25, 0.3) is 5.91 Å². The van der Waals surface area contributed by atoms with Crippen molar-refractivity contribution in [2.24, 2.45) is 5.92 Å². The van der Waals surface area contributed by atoms with Crippen molar-refractivity contribution in [2.45, 2.75) is 12.8 Å². The van der Waals surface area contributed by atoms with E-state index in [4.69, 9.17) is 0 Å². The number of aromatic nitrogens is 1. The largest absolute Gasteiger partial charge is 0.338 e. The number of piperidine rings is 1. The molecule has 1 N–H and O–H groups in total. The fraction of sp³-hybridized carbons (Fsp3) is 0.217. The lowest BCUT2D eigenvalue weighted by atomic mass is 9.96. The van der Waals surface area contributed by atoms with E-state index in [0.29, 0.717) is 18.7 Å². The molecule has 5 heteroatoms. The summed E-state index contributed by atoms with van der Waals surface area (Å²) in [4.78, 5) is 27.3. The van der Waals surface area contributed by atoms with Crippen LogP contribution in [0.25, 0.3) is 5.69 Å². The summed E-state index contributed by atoms with van der Waals surface area (Å²) in [6, 6.07) is 21.0. The molecule has 28 heavy (non-hydrogen) atoms. The highest BCUT2D eigenvalue weighted by molar-refractivity contribution is 5.96. The monoisotopic (exact) mass is 373 g/mol. The van der Waals surface area contributed by atoms with E-state index < -0.39 is 0 Å². The summed E-state index contributed by atoms with van der Waals surface area (Å²) in [5.41, 5.74) is 2.46. The molecule has 1 aliphatic rings. The normalized spacial score (nSPS) is 16.6. The van der Waals surface area contributed by atoms with Gasteiger partial charge in [0.1, 0.15) is 0 Å². The molecule has 5 nitrogen and oxygen atoms in total. The van der Waals surface area contributed by atoms with Crippen LogP contribution in [-0.2, 0) is 4.79 Å². The summed E-state index contributed by atoms with van der Waals surface area (Å²) in [5.74, 6) is -0.222. The average Bonchev–Trinajstić information content (AvgIpc) is 3.29. The number of nitrogens with zero attached hydrogens (tertiary/aromatic N) is 2. The third kappa shape index (κ3) is 3.98. The first kappa shape index (κ1) is 18.0. The fourth-order valence-corrected chi connectivity index (χ4v) is 3.61. The van der Waals surface area contributed by atoms with E-state index in [1.807, 2.05) is 83.7 Å². The molecule has 0 radical (unpaired) electrons. The Morgan fingerprint density at radius 3 is 2.32 bits per heavy atom. The van der Waals surface area contributed by atoms with Gasteiger partial charge in [-0.3, -0.25) is 9.59 Å². The van der Waals surface area contributed by atoms with Crippen LogP contribution in [0, 0.1) is 5.92 Å². The van der Waals surface area contributed by atoms with Gasteiger partial charge < -0.3 is 14.8 Å². The molecule has 0 bridgehead atoms. The zero-order valence-corrected chi connectivity index (χ0v) is 15.6. The number of para-hydroxylation sites is 1. The number of amides is 2. The summed E-state index contributed by atoms with van der Waals surface area (Å²) < 4.78 is 2.00. The highest BCUT2D eigenvalue weighted by Crippen LogP contribution is 2.21. The predicted molar refractivity (Wildman–Crippen MR) is 109 cm³/mol. The zero-order valence-electron chi connectivity index (χ0n) is 15.6. The Kier molecular flexibility index (Phi) is 5.24. The van der Waals surface area contributed by atoms with Gasteiger partial charge in [0, 0.05) is 42.4 Å². The van der Waals surface area contributed by atoms with Crippen molar-refractivity contribution in [3.63, 3.8) is 0 Å². The highest BCUT2D eigenvalue weighted by atomic mass is 16.2. The average molecular weight is 373 g/mol. The third-order valence-corrected chi connectivity index (χ3v) is 5.14. The minimum absolute atomic E-state index is 0.0173. The minimum Gasteiger partial charge on any atom is -0.338 e. The van der Waals surface area contributed by atoms with E-state index in [-0.39, 0.29) is 17.7 Å². The van der Waals surface area contributed by atoms with Crippen molar-refractivity contribution in [3.8, 4) is 5.69 Å². The molecular weight excluding hydrogens is 350 g/mol. The van der Waals surface area contributed by atoms with Crippen molar-refractivity contribution < 1.29 is 9.59 Å². The standard InChI is InChI=1S/C23H23N3O2/c27-22(24-20-8-2-1-3-9-20)19-7-6-16-26(17-19)23(28)18-10-12-21(13-11-18)25-14-4-5-15-25/h1-5,8-15,19H,6-7,16-17H2,(H,24,27)/t19-/m1/s1. The van der Waals surface area contributed by atoms with Gasteiger partial charge in [-0.05, 0) is 61.4 Å². The molecular formula is C23H23N3O2. The zero-order chi connectivity index (χ0) is 19.3. The molecule has 3 aromatic rings. The van der Waals surface area contributed by atoms with Gasteiger partial charge in [0.05, 0.1) is 5.92 Å². The third-order valence-electron chi connectivity index (χ3n) is 5.14. The van der Waals surface area contributed by atoms with Gasteiger partial charge >= 0.3 is 0 Å². The number of nitrogens with one attached hydrogen (secondary N) is 1. The second-order valence-corrected chi connectivity index (χ2v) is 7.08. The maximum atomic E-state index is 12.9. The summed E-state index contributed by atoms with van der Waals surface area (Å²) in [7, 11) is 0. The molecule has 0 aliphatic carbocycles. The second-order valence-electron chi connectivity index (χ2n) is 7.08. The SMILES string of the molecule is O=C(Nc1ccccc1)[C@@H]1CCCN(C(=O)c2ccc(-n3cccc3)cc2)C1. The first-order valence-corrected chi connectivity index (χ1v) is 9.59. The minimum atomic E-state index is -0.183. The van der Waals surface area contributed by atoms with Crippen LogP contribution in [0.1, 0.15) is 23.2 Å². The molecule has 0 saturated carbocycles. The van der Waals surface area contributed by atoms with Crippen LogP contribution in [0.2, 0.25) is 0 Å². The maximum Gasteiger partial charge on any atom is 0.253 e. The van der Waals surface area contributed by atoms with E-state index in [9.17, 15) is 9.59 Å². The number of carbonyl (C=O) groups excluding carboxylic acids is 2. The summed E-state index contributed by atoms with van der Waals surface area (Å²) >= 11 is 0. The van der Waals surface area contributed by atoms with Crippen LogP contribution < -0.4 is 5.32 Å². The van der Waals surface area contributed by atoms with Crippen molar-refractivity contribution >= 4 is 17.5 Å². The molecule has 1 aliphatic heterocycles. The molecule has 142 valence electrons. The van der Waals surface area contributed by atoms with Gasteiger partial charge in [-0.25, -0.2) is 0 Å². The number of carbonyl (C=O) groups is 2. The molecule has 1 atom stereocenters. The van der Waals surface area contributed by atoms with Gasteiger partial charge in [-0.1, -0.05) is 18.2 Å². The van der Waals surface area contributed by atoms with Gasteiger partial charge in [0.2, 0.25) is 5.91 Å². The van der Waals surface area contributed by atoms with E-state index >= 15 is 0 Å². The predicted octanol–water partition coefficient (Wildman–Crippen LogP) is 3.97. The van der Waals surface area contributed by atoms with E-state index in [1.165, 1.54) is 0 Å². The summed E-state index contributed by atoms with van der Waals surface area (Å²) in [6.45, 7) is 1.14. The van der Waals surface area contributed by atoms with Crippen molar-refractivity contribution in [1.29, 1.82) is 0 Å². The Morgan fingerprint density at radius 2 is 1.61 bits per heavy atom. The lowest BCUT2D eigenvalue weighted by Gasteiger charge is -2.32. The molecule has 2 aromatic carbocycles. The van der Waals surface area contributed by atoms with Crippen molar-refractivity contribution in [1.82, 2.24) is 9.47 Å². The Labute approximate surface area is 164 Å². The molecule has 2 heterocycles. The summed E-state index contributed by atoms with van der Waals surface area (Å²) in [5, 5.41) is 2.95. The molecule has 0 unspecified atom stereocenters. The molecule has 1 fully saturated rings. The smallest absolute Gasteiger partial charge is 0.253 e. The molecule has 1 aromatic heterocycles. The van der Waals surface area contributed by atoms with Gasteiger partial charge in [-0.2, -0.15) is 0 Å². The van der Waals surface area contributed by atoms with Crippen LogP contribution in [-0.4, -0.2) is 34.4 Å². The molecule has 0 spiro atoms. The number of anilines is 1. The fourth-order valence-electron chi connectivity index (χ4n) is 3.61. The van der Waals surface area contributed by atoms with Crippen LogP contribution in [0.3, 0.4) is 0 Å². The number of hydrogen-bond donors (Lipinski definition) is 1. The molecule has 1 saturated heterocycles. The van der Waals surface area contributed by atoms with Crippen LogP contribution in [0.15, 0.2) is 79.1 Å². The summed E-state index contributed by atoms with van der Waals surface area (Å²) in [6.07, 6.45) is 5.57. The topological polar surface area (TPSA) is 54.3 Å². The van der Waals surface area contributed by atoms with Crippen LogP contribution in [0.5, 0.6) is 0 Å². The molecule has 4 rings (SSSR count). The van der Waals surface area contributed by atoms with Crippen molar-refractivity contribution in [3.05, 3.63) is 84.7 Å². The Hall–Kier alpha value is -3.34. The number of rotatable bonds is 4. The van der Waals surface area contributed by atoms with Gasteiger partial charge in [-0.15, -0.1) is 0 Å². The number of hydrogen-bond acceptors (Lipinski definition) is 2. The first-order chi connectivity index (χ1) is 13.7. The lowest BCUT2D eigenvalue weighted by molar-refractivity contribution is -0.121.